The largest absolute Gasteiger partial charge is 0.459 e. The van der Waals surface area contributed by atoms with E-state index in [2.05, 4.69) is 20.9 Å². The minimum atomic E-state index is -3.70. The molecule has 0 bridgehead atoms. The predicted molar refractivity (Wildman–Crippen MR) is 122 cm³/mol. The van der Waals surface area contributed by atoms with Crippen LogP contribution in [0.25, 0.3) is 0 Å². The molecule has 4 N–H and O–H groups in total. The van der Waals surface area contributed by atoms with Crippen LogP contribution in [0.4, 0.5) is 5.69 Å². The molecule has 0 aliphatic rings. The van der Waals surface area contributed by atoms with Crippen molar-refractivity contribution in [3.05, 3.63) is 71.5 Å². The summed E-state index contributed by atoms with van der Waals surface area (Å²) in [6.45, 7) is 3.48. The molecule has 2 heterocycles. The Kier molecular flexibility index (Phi) is 7.51. The summed E-state index contributed by atoms with van der Waals surface area (Å²) >= 11 is 1.09. The molecule has 12 heteroatoms. The Labute approximate surface area is 194 Å². The monoisotopic (exact) mass is 490 g/mol. The molecule has 3 rings (SSSR count). The summed E-state index contributed by atoms with van der Waals surface area (Å²) in [5, 5.41) is 4.22. The number of amides is 3. The maximum absolute atomic E-state index is 12.5. The predicted octanol–water partition coefficient (Wildman–Crippen LogP) is 2.36. The van der Waals surface area contributed by atoms with Gasteiger partial charge in [0.1, 0.15) is 10.3 Å². The maximum Gasteiger partial charge on any atom is 0.287 e. The number of sulfonamides is 1. The van der Waals surface area contributed by atoms with E-state index in [9.17, 15) is 22.8 Å². The quantitative estimate of drug-likeness (QED) is 0.357. The van der Waals surface area contributed by atoms with Crippen LogP contribution < -0.4 is 20.9 Å². The number of nitrogens with one attached hydrogen (secondary N) is 4. The van der Waals surface area contributed by atoms with Crippen LogP contribution in [0.5, 0.6) is 0 Å². The lowest BCUT2D eigenvalue weighted by Gasteiger charge is -2.21. The summed E-state index contributed by atoms with van der Waals surface area (Å²) in [7, 11) is -3.70. The van der Waals surface area contributed by atoms with Gasteiger partial charge in [0.2, 0.25) is 0 Å². The van der Waals surface area contributed by atoms with E-state index in [1.165, 1.54) is 42.7 Å². The molecule has 0 radical (unpaired) electrons. The molecule has 174 valence electrons. The lowest BCUT2D eigenvalue weighted by molar-refractivity contribution is -0.124. The Morgan fingerprint density at radius 1 is 0.939 bits per heavy atom. The van der Waals surface area contributed by atoms with Crippen LogP contribution in [0, 0.1) is 5.92 Å². The standard InChI is InChI=1S/C21H22N4O6S2/c1-13(2)18(22-20(27)16-5-3-11-31-16)21(28)24-23-19(26)14-7-9-15(10-8-14)25-33(29,30)17-6-4-12-32-17/h3-13,18,25H,1-2H3,(H,22,27)(H,23,26)(H,24,28)/t18-/m0/s1. The zero-order valence-electron chi connectivity index (χ0n) is 17.7. The molecule has 0 aliphatic heterocycles. The summed E-state index contributed by atoms with van der Waals surface area (Å²) < 4.78 is 32.1. The number of carbonyl (C=O) groups excluding carboxylic acids is 3. The van der Waals surface area contributed by atoms with Gasteiger partial charge in [-0.05, 0) is 53.8 Å². The van der Waals surface area contributed by atoms with Gasteiger partial charge in [0.05, 0.1) is 6.26 Å². The van der Waals surface area contributed by atoms with Crippen molar-refractivity contribution in [2.75, 3.05) is 4.72 Å². The number of hydrogen-bond donors (Lipinski definition) is 4. The number of hydrogen-bond acceptors (Lipinski definition) is 7. The Balaban J connectivity index is 1.56. The lowest BCUT2D eigenvalue weighted by atomic mass is 10.0. The van der Waals surface area contributed by atoms with Crippen molar-refractivity contribution >= 4 is 44.8 Å². The van der Waals surface area contributed by atoms with Crippen molar-refractivity contribution in [1.82, 2.24) is 16.2 Å². The van der Waals surface area contributed by atoms with Gasteiger partial charge in [-0.1, -0.05) is 19.9 Å². The second-order valence-electron chi connectivity index (χ2n) is 7.23. The van der Waals surface area contributed by atoms with Crippen LogP contribution in [-0.4, -0.2) is 32.2 Å². The van der Waals surface area contributed by atoms with Gasteiger partial charge in [-0.25, -0.2) is 8.42 Å². The SMILES string of the molecule is CC(C)[C@H](NC(=O)c1ccco1)C(=O)NNC(=O)c1ccc(NS(=O)(=O)c2cccs2)cc1. The van der Waals surface area contributed by atoms with Gasteiger partial charge in [0, 0.05) is 11.3 Å². The first-order valence-electron chi connectivity index (χ1n) is 9.78. The molecule has 33 heavy (non-hydrogen) atoms. The molecule has 1 atom stereocenters. The van der Waals surface area contributed by atoms with Crippen molar-refractivity contribution < 1.29 is 27.2 Å². The van der Waals surface area contributed by atoms with Crippen LogP contribution in [0.3, 0.4) is 0 Å². The number of thiophene rings is 1. The van der Waals surface area contributed by atoms with E-state index in [-0.39, 0.29) is 27.1 Å². The molecule has 0 aliphatic carbocycles. The van der Waals surface area contributed by atoms with Crippen molar-refractivity contribution in [3.8, 4) is 0 Å². The van der Waals surface area contributed by atoms with E-state index in [1.54, 1.807) is 31.4 Å². The van der Waals surface area contributed by atoms with Gasteiger partial charge in [-0.15, -0.1) is 11.3 Å². The van der Waals surface area contributed by atoms with E-state index in [0.717, 1.165) is 11.3 Å². The summed E-state index contributed by atoms with van der Waals surface area (Å²) in [5.74, 6) is -1.99. The number of rotatable bonds is 8. The zero-order valence-corrected chi connectivity index (χ0v) is 19.3. The highest BCUT2D eigenvalue weighted by Gasteiger charge is 2.26. The molecule has 2 aromatic heterocycles. The summed E-state index contributed by atoms with van der Waals surface area (Å²) in [4.78, 5) is 37.0. The van der Waals surface area contributed by atoms with E-state index in [1.807, 2.05) is 0 Å². The summed E-state index contributed by atoms with van der Waals surface area (Å²) in [6.07, 6.45) is 1.35. The highest BCUT2D eigenvalue weighted by molar-refractivity contribution is 7.94. The molecule has 3 aromatic rings. The molecule has 0 saturated carbocycles. The number of furan rings is 1. The summed E-state index contributed by atoms with van der Waals surface area (Å²) in [6, 6.07) is 10.9. The molecule has 0 unspecified atom stereocenters. The molecular formula is C21H22N4O6S2. The first kappa shape index (κ1) is 24.0. The molecule has 0 fully saturated rings. The second kappa shape index (κ2) is 10.3. The van der Waals surface area contributed by atoms with Gasteiger partial charge in [0.25, 0.3) is 27.7 Å². The minimum Gasteiger partial charge on any atom is -0.459 e. The first-order valence-corrected chi connectivity index (χ1v) is 12.1. The lowest BCUT2D eigenvalue weighted by Crippen LogP contribution is -2.54. The average Bonchev–Trinajstić information content (AvgIpc) is 3.50. The van der Waals surface area contributed by atoms with Crippen molar-refractivity contribution in [1.29, 1.82) is 0 Å². The molecular weight excluding hydrogens is 468 g/mol. The zero-order chi connectivity index (χ0) is 24.0. The number of anilines is 1. The van der Waals surface area contributed by atoms with Crippen LogP contribution in [0.2, 0.25) is 0 Å². The fourth-order valence-electron chi connectivity index (χ4n) is 2.73. The van der Waals surface area contributed by atoms with Crippen LogP contribution in [-0.2, 0) is 14.8 Å². The molecule has 0 saturated heterocycles. The third-order valence-corrected chi connectivity index (χ3v) is 7.22. The Morgan fingerprint density at radius 2 is 1.67 bits per heavy atom. The van der Waals surface area contributed by atoms with Crippen LogP contribution in [0.1, 0.15) is 34.8 Å². The Hall–Kier alpha value is -3.64. The van der Waals surface area contributed by atoms with Gasteiger partial charge in [-0.2, -0.15) is 0 Å². The normalized spacial score (nSPS) is 12.1. The second-order valence-corrected chi connectivity index (χ2v) is 10.1. The first-order chi connectivity index (χ1) is 15.7. The van der Waals surface area contributed by atoms with Crippen LogP contribution in [0.15, 0.2) is 68.8 Å². The Bertz CT molecular complexity index is 1200. The molecule has 0 spiro atoms. The number of hydrazine groups is 1. The van der Waals surface area contributed by atoms with E-state index in [4.69, 9.17) is 4.42 Å². The fraction of sp³-hybridized carbons (Fsp3) is 0.190. The molecule has 3 amide bonds. The fourth-order valence-corrected chi connectivity index (χ4v) is 4.79. The van der Waals surface area contributed by atoms with Gasteiger partial charge >= 0.3 is 0 Å². The summed E-state index contributed by atoms with van der Waals surface area (Å²) in [5.41, 5.74) is 5.04. The smallest absolute Gasteiger partial charge is 0.287 e. The minimum absolute atomic E-state index is 0.0623. The van der Waals surface area contributed by atoms with E-state index in [0.29, 0.717) is 0 Å². The third kappa shape index (κ3) is 6.20. The van der Waals surface area contributed by atoms with Crippen molar-refractivity contribution in [2.24, 2.45) is 5.92 Å². The van der Waals surface area contributed by atoms with Crippen molar-refractivity contribution in [3.63, 3.8) is 0 Å². The van der Waals surface area contributed by atoms with Crippen molar-refractivity contribution in [2.45, 2.75) is 24.1 Å². The molecule has 10 nitrogen and oxygen atoms in total. The number of carbonyl (C=O) groups is 3. The van der Waals surface area contributed by atoms with Crippen LogP contribution >= 0.6 is 11.3 Å². The maximum atomic E-state index is 12.5. The average molecular weight is 491 g/mol. The highest BCUT2D eigenvalue weighted by Crippen LogP contribution is 2.20. The Morgan fingerprint density at radius 3 is 2.24 bits per heavy atom. The van der Waals surface area contributed by atoms with Gasteiger partial charge in [0.15, 0.2) is 5.76 Å². The van der Waals surface area contributed by atoms with E-state index < -0.39 is 33.8 Å². The third-order valence-electron chi connectivity index (χ3n) is 4.44. The van der Waals surface area contributed by atoms with Gasteiger partial charge < -0.3 is 9.73 Å². The molecule has 1 aromatic carbocycles. The van der Waals surface area contributed by atoms with E-state index >= 15 is 0 Å². The number of benzene rings is 1. The van der Waals surface area contributed by atoms with Gasteiger partial charge in [-0.3, -0.25) is 30.0 Å². The highest BCUT2D eigenvalue weighted by atomic mass is 32.2. The topological polar surface area (TPSA) is 147 Å².